The van der Waals surface area contributed by atoms with Crippen molar-refractivity contribution in [3.63, 3.8) is 0 Å². The fourth-order valence-electron chi connectivity index (χ4n) is 2.30. The second-order valence-corrected chi connectivity index (χ2v) is 4.58. The van der Waals surface area contributed by atoms with E-state index in [1.165, 1.54) is 5.56 Å². The van der Waals surface area contributed by atoms with Gasteiger partial charge in [-0.25, -0.2) is 4.68 Å². The smallest absolute Gasteiger partial charge is 0.219 e. The summed E-state index contributed by atoms with van der Waals surface area (Å²) in [6, 6.07) is 8.23. The molecular weight excluding hydrogens is 238 g/mol. The van der Waals surface area contributed by atoms with Crippen molar-refractivity contribution in [2.24, 2.45) is 5.73 Å². The minimum absolute atomic E-state index is 0.600. The van der Waals surface area contributed by atoms with Crippen LogP contribution in [0.5, 0.6) is 5.88 Å². The Morgan fingerprint density at radius 1 is 1.37 bits per heavy atom. The molecular formula is C15H21N3O. The topological polar surface area (TPSA) is 53.1 Å². The molecule has 0 atom stereocenters. The molecule has 2 N–H and O–H groups in total. The number of hydrogen-bond acceptors (Lipinski definition) is 3. The molecule has 19 heavy (non-hydrogen) atoms. The van der Waals surface area contributed by atoms with Crippen LogP contribution >= 0.6 is 0 Å². The van der Waals surface area contributed by atoms with Crippen molar-refractivity contribution in [2.75, 3.05) is 13.7 Å². The van der Waals surface area contributed by atoms with Crippen molar-refractivity contribution in [1.82, 2.24) is 9.78 Å². The minimum atomic E-state index is 0.600. The van der Waals surface area contributed by atoms with E-state index >= 15 is 0 Å². The second kappa shape index (κ2) is 5.89. The van der Waals surface area contributed by atoms with Gasteiger partial charge in [-0.2, -0.15) is 5.10 Å². The maximum atomic E-state index is 5.69. The van der Waals surface area contributed by atoms with E-state index in [0.29, 0.717) is 6.54 Å². The maximum absolute atomic E-state index is 5.69. The van der Waals surface area contributed by atoms with Crippen molar-refractivity contribution in [1.29, 1.82) is 0 Å². The highest BCUT2D eigenvalue weighted by molar-refractivity contribution is 5.43. The highest BCUT2D eigenvalue weighted by Gasteiger charge is 2.17. The van der Waals surface area contributed by atoms with Crippen LogP contribution in [0.1, 0.15) is 23.7 Å². The van der Waals surface area contributed by atoms with Crippen LogP contribution < -0.4 is 10.5 Å². The highest BCUT2D eigenvalue weighted by atomic mass is 16.5. The van der Waals surface area contributed by atoms with Gasteiger partial charge in [0.15, 0.2) is 0 Å². The SMILES string of the molecule is CCc1nn(-c2cccc(C)c2)c(OC)c1CCN. The first-order chi connectivity index (χ1) is 9.21. The quantitative estimate of drug-likeness (QED) is 0.896. The molecule has 102 valence electrons. The largest absolute Gasteiger partial charge is 0.481 e. The first-order valence-electron chi connectivity index (χ1n) is 6.63. The molecule has 1 aromatic carbocycles. The first kappa shape index (κ1) is 13.6. The van der Waals surface area contributed by atoms with Crippen LogP contribution in [0.2, 0.25) is 0 Å². The van der Waals surface area contributed by atoms with E-state index in [0.717, 1.165) is 35.7 Å². The van der Waals surface area contributed by atoms with E-state index in [2.05, 4.69) is 31.1 Å². The van der Waals surface area contributed by atoms with E-state index in [1.807, 2.05) is 16.8 Å². The van der Waals surface area contributed by atoms with Crippen molar-refractivity contribution in [3.8, 4) is 11.6 Å². The summed E-state index contributed by atoms with van der Waals surface area (Å²) in [4.78, 5) is 0. The number of nitrogens with zero attached hydrogens (tertiary/aromatic N) is 2. The molecule has 0 spiro atoms. The monoisotopic (exact) mass is 259 g/mol. The molecule has 0 unspecified atom stereocenters. The third-order valence-electron chi connectivity index (χ3n) is 3.19. The number of benzene rings is 1. The Morgan fingerprint density at radius 3 is 2.74 bits per heavy atom. The summed E-state index contributed by atoms with van der Waals surface area (Å²) in [5, 5.41) is 4.67. The lowest BCUT2D eigenvalue weighted by molar-refractivity contribution is 0.379. The summed E-state index contributed by atoms with van der Waals surface area (Å²) in [6.45, 7) is 4.77. The summed E-state index contributed by atoms with van der Waals surface area (Å²) < 4.78 is 7.42. The van der Waals surface area contributed by atoms with Crippen LogP contribution in [-0.4, -0.2) is 23.4 Å². The molecule has 0 amide bonds. The fraction of sp³-hybridized carbons (Fsp3) is 0.400. The number of rotatable bonds is 5. The predicted octanol–water partition coefficient (Wildman–Crippen LogP) is 2.25. The van der Waals surface area contributed by atoms with Crippen LogP contribution in [0.25, 0.3) is 5.69 Å². The van der Waals surface area contributed by atoms with Crippen LogP contribution in [0.3, 0.4) is 0 Å². The van der Waals surface area contributed by atoms with E-state index in [-0.39, 0.29) is 0 Å². The van der Waals surface area contributed by atoms with Gasteiger partial charge in [0.2, 0.25) is 5.88 Å². The molecule has 4 nitrogen and oxygen atoms in total. The van der Waals surface area contributed by atoms with Gasteiger partial charge in [0.05, 0.1) is 18.5 Å². The van der Waals surface area contributed by atoms with E-state index in [4.69, 9.17) is 10.5 Å². The number of hydrogen-bond donors (Lipinski definition) is 1. The Labute approximate surface area is 114 Å². The summed E-state index contributed by atoms with van der Waals surface area (Å²) >= 11 is 0. The average Bonchev–Trinajstić information content (AvgIpc) is 2.77. The van der Waals surface area contributed by atoms with Gasteiger partial charge in [0.25, 0.3) is 0 Å². The summed E-state index contributed by atoms with van der Waals surface area (Å²) in [5.74, 6) is 0.799. The number of methoxy groups -OCH3 is 1. The normalized spacial score (nSPS) is 10.7. The Kier molecular flexibility index (Phi) is 4.22. The Morgan fingerprint density at radius 2 is 2.16 bits per heavy atom. The van der Waals surface area contributed by atoms with E-state index in [1.54, 1.807) is 7.11 Å². The minimum Gasteiger partial charge on any atom is -0.481 e. The van der Waals surface area contributed by atoms with Crippen molar-refractivity contribution in [2.45, 2.75) is 26.7 Å². The molecule has 0 bridgehead atoms. The van der Waals surface area contributed by atoms with E-state index < -0.39 is 0 Å². The van der Waals surface area contributed by atoms with Crippen molar-refractivity contribution >= 4 is 0 Å². The first-order valence-corrected chi connectivity index (χ1v) is 6.63. The molecule has 1 heterocycles. The molecule has 0 saturated carbocycles. The number of aryl methyl sites for hydroxylation is 2. The molecule has 1 aromatic heterocycles. The molecule has 2 aromatic rings. The van der Waals surface area contributed by atoms with Gasteiger partial charge in [0, 0.05) is 5.56 Å². The van der Waals surface area contributed by atoms with Gasteiger partial charge < -0.3 is 10.5 Å². The number of nitrogens with two attached hydrogens (primary N) is 1. The number of ether oxygens (including phenoxy) is 1. The average molecular weight is 259 g/mol. The molecule has 4 heteroatoms. The lowest BCUT2D eigenvalue weighted by atomic mass is 10.1. The zero-order chi connectivity index (χ0) is 13.8. The van der Waals surface area contributed by atoms with Gasteiger partial charge in [-0.3, -0.25) is 0 Å². The molecule has 0 radical (unpaired) electrons. The van der Waals surface area contributed by atoms with Gasteiger partial charge in [-0.15, -0.1) is 0 Å². The lowest BCUT2D eigenvalue weighted by Gasteiger charge is -2.08. The van der Waals surface area contributed by atoms with Crippen LogP contribution in [0.15, 0.2) is 24.3 Å². The van der Waals surface area contributed by atoms with Crippen LogP contribution in [0.4, 0.5) is 0 Å². The molecule has 2 rings (SSSR count). The lowest BCUT2D eigenvalue weighted by Crippen LogP contribution is -2.06. The standard InChI is InChI=1S/C15H21N3O/c1-4-14-13(8-9-16)15(19-3)18(17-14)12-7-5-6-11(2)10-12/h5-7,10H,4,8-9,16H2,1-3H3. The fourth-order valence-corrected chi connectivity index (χ4v) is 2.30. The zero-order valence-corrected chi connectivity index (χ0v) is 11.8. The molecule has 0 aliphatic carbocycles. The van der Waals surface area contributed by atoms with Gasteiger partial charge in [-0.05, 0) is 44.0 Å². The molecule has 0 aliphatic rings. The molecule has 0 saturated heterocycles. The van der Waals surface area contributed by atoms with Gasteiger partial charge >= 0.3 is 0 Å². The van der Waals surface area contributed by atoms with Crippen LogP contribution in [0, 0.1) is 6.92 Å². The molecule has 0 fully saturated rings. The second-order valence-electron chi connectivity index (χ2n) is 4.58. The van der Waals surface area contributed by atoms with E-state index in [9.17, 15) is 0 Å². The van der Waals surface area contributed by atoms with Crippen molar-refractivity contribution in [3.05, 3.63) is 41.1 Å². The Bertz CT molecular complexity index is 561. The summed E-state index contributed by atoms with van der Waals surface area (Å²) in [6.07, 6.45) is 1.67. The van der Waals surface area contributed by atoms with Crippen LogP contribution in [-0.2, 0) is 12.8 Å². The summed E-state index contributed by atoms with van der Waals surface area (Å²) in [7, 11) is 1.68. The summed E-state index contributed by atoms with van der Waals surface area (Å²) in [5.41, 5.74) is 10.1. The number of aromatic nitrogens is 2. The van der Waals surface area contributed by atoms with Gasteiger partial charge in [-0.1, -0.05) is 19.1 Å². The van der Waals surface area contributed by atoms with Gasteiger partial charge in [0.1, 0.15) is 0 Å². The zero-order valence-electron chi connectivity index (χ0n) is 11.8. The highest BCUT2D eigenvalue weighted by Crippen LogP contribution is 2.27. The Hall–Kier alpha value is -1.81. The third kappa shape index (κ3) is 2.63. The third-order valence-corrected chi connectivity index (χ3v) is 3.19. The Balaban J connectivity index is 2.56. The van der Waals surface area contributed by atoms with Crippen molar-refractivity contribution < 1.29 is 4.74 Å². The maximum Gasteiger partial charge on any atom is 0.219 e. The molecule has 0 aliphatic heterocycles. The predicted molar refractivity (Wildman–Crippen MR) is 77.0 cm³/mol.